The molecule has 0 saturated carbocycles. The van der Waals surface area contributed by atoms with Gasteiger partial charge in [-0.05, 0) is 48.3 Å². The third-order valence-corrected chi connectivity index (χ3v) is 1.78. The molecule has 0 aromatic rings. The first-order chi connectivity index (χ1) is 4.97. The van der Waals surface area contributed by atoms with Gasteiger partial charge >= 0.3 is 0 Å². The molecule has 2 rings (SSSR count). The molecule has 0 aromatic heterocycles. The van der Waals surface area contributed by atoms with Gasteiger partial charge < -0.3 is 0 Å². The summed E-state index contributed by atoms with van der Waals surface area (Å²) in [6.45, 7) is 0. The molecule has 0 heterocycles. The number of hydrogen-bond donors (Lipinski definition) is 0. The Kier molecular flexibility index (Phi) is 1.22. The van der Waals surface area contributed by atoms with Gasteiger partial charge in [0.25, 0.3) is 0 Å². The molecule has 10 heavy (non-hydrogen) atoms. The van der Waals surface area contributed by atoms with Crippen molar-refractivity contribution in [2.24, 2.45) is 0 Å². The maximum Gasteiger partial charge on any atom is -0.00639 e. The molecular weight excluding hydrogens is 120 g/mol. The first-order valence-corrected chi connectivity index (χ1v) is 3.53. The highest BCUT2D eigenvalue weighted by molar-refractivity contribution is 5.46. The summed E-state index contributed by atoms with van der Waals surface area (Å²) in [5, 5.41) is 0. The fourth-order valence-electron chi connectivity index (χ4n) is 1.22. The van der Waals surface area contributed by atoms with Gasteiger partial charge in [0, 0.05) is 0 Å². The lowest BCUT2D eigenvalue weighted by molar-refractivity contribution is 1.01. The Morgan fingerprint density at radius 2 is 2.00 bits per heavy atom. The minimum absolute atomic E-state index is 1.11. The average Bonchev–Trinajstić information content (AvgIpc) is 2.28. The van der Waals surface area contributed by atoms with E-state index >= 15 is 0 Å². The van der Waals surface area contributed by atoms with E-state index in [-0.39, 0.29) is 0 Å². The lowest BCUT2D eigenvalue weighted by atomic mass is 10.1. The van der Waals surface area contributed by atoms with E-state index in [4.69, 9.17) is 0 Å². The van der Waals surface area contributed by atoms with Crippen LogP contribution in [0.3, 0.4) is 0 Å². The van der Waals surface area contributed by atoms with Gasteiger partial charge in [0.1, 0.15) is 0 Å². The van der Waals surface area contributed by atoms with Crippen LogP contribution in [0.2, 0.25) is 0 Å². The van der Waals surface area contributed by atoms with Crippen molar-refractivity contribution in [1.29, 1.82) is 0 Å². The zero-order valence-corrected chi connectivity index (χ0v) is 5.72. The fourth-order valence-corrected chi connectivity index (χ4v) is 1.22. The van der Waals surface area contributed by atoms with Crippen molar-refractivity contribution < 1.29 is 0 Å². The maximum absolute atomic E-state index is 3.12. The smallest absolute Gasteiger partial charge is 0.00639 e. The second kappa shape index (κ2) is 2.19. The molecule has 0 bridgehead atoms. The quantitative estimate of drug-likeness (QED) is 0.440. The molecule has 0 radical (unpaired) electrons. The molecule has 0 spiro atoms. The van der Waals surface area contributed by atoms with Gasteiger partial charge in [0.05, 0.1) is 0 Å². The van der Waals surface area contributed by atoms with Crippen LogP contribution >= 0.6 is 0 Å². The Morgan fingerprint density at radius 3 is 3.00 bits per heavy atom. The highest BCUT2D eigenvalue weighted by atomic mass is 14.1. The summed E-state index contributed by atoms with van der Waals surface area (Å²) in [5.41, 5.74) is 8.89. The van der Waals surface area contributed by atoms with E-state index in [9.17, 15) is 0 Å². The van der Waals surface area contributed by atoms with Crippen LogP contribution in [0.25, 0.3) is 0 Å². The molecule has 48 valence electrons. The number of allylic oxidation sites excluding steroid dienone is 4. The monoisotopic (exact) mass is 128 g/mol. The van der Waals surface area contributed by atoms with Crippen LogP contribution in [0, 0.1) is 0 Å². The first kappa shape index (κ1) is 5.56. The molecule has 0 N–H and O–H groups in total. The van der Waals surface area contributed by atoms with Crippen LogP contribution in [0.4, 0.5) is 0 Å². The van der Waals surface area contributed by atoms with Crippen LogP contribution in [-0.4, -0.2) is 0 Å². The highest BCUT2D eigenvalue weighted by Crippen LogP contribution is 2.20. The Hall–Kier alpha value is -1.22. The third-order valence-electron chi connectivity index (χ3n) is 1.78. The molecule has 0 saturated heterocycles. The second-order valence-electron chi connectivity index (χ2n) is 2.49. The topological polar surface area (TPSA) is 0 Å². The molecule has 0 aromatic carbocycles. The largest absolute Gasteiger partial charge is 0.125 e. The normalized spacial score (nSPS) is 20.0. The second-order valence-corrected chi connectivity index (χ2v) is 2.49. The summed E-state index contributed by atoms with van der Waals surface area (Å²) in [7, 11) is 0. The van der Waals surface area contributed by atoms with Crippen molar-refractivity contribution in [3.8, 4) is 0 Å². The minimum atomic E-state index is 1.11. The van der Waals surface area contributed by atoms with Crippen LogP contribution in [0.1, 0.15) is 12.8 Å². The van der Waals surface area contributed by atoms with Crippen molar-refractivity contribution in [2.75, 3.05) is 0 Å². The summed E-state index contributed by atoms with van der Waals surface area (Å²) in [6.07, 6.45) is 10.4. The van der Waals surface area contributed by atoms with Crippen molar-refractivity contribution in [3.05, 3.63) is 46.9 Å². The summed E-state index contributed by atoms with van der Waals surface area (Å²) < 4.78 is 0. The molecule has 0 atom stereocenters. The molecular formula is C10H8. The van der Waals surface area contributed by atoms with Gasteiger partial charge in [-0.1, -0.05) is 0 Å². The van der Waals surface area contributed by atoms with Crippen LogP contribution in [0.15, 0.2) is 46.9 Å². The van der Waals surface area contributed by atoms with Crippen molar-refractivity contribution in [1.82, 2.24) is 0 Å². The van der Waals surface area contributed by atoms with E-state index in [1.807, 2.05) is 12.2 Å². The molecule has 0 heteroatoms. The fraction of sp³-hybridized carbons (Fsp3) is 0.200. The molecule has 0 nitrogen and oxygen atoms in total. The minimum Gasteiger partial charge on any atom is -0.125 e. The van der Waals surface area contributed by atoms with Crippen molar-refractivity contribution in [3.63, 3.8) is 0 Å². The van der Waals surface area contributed by atoms with Crippen LogP contribution in [0.5, 0.6) is 0 Å². The Morgan fingerprint density at radius 1 is 1.10 bits per heavy atom. The lowest BCUT2D eigenvalue weighted by Gasteiger charge is -1.94. The van der Waals surface area contributed by atoms with Gasteiger partial charge in [0.2, 0.25) is 0 Å². The molecule has 0 aliphatic heterocycles. The Labute approximate surface area is 60.6 Å². The predicted molar refractivity (Wildman–Crippen MR) is 41.6 cm³/mol. The molecule has 0 amide bonds. The number of rotatable bonds is 0. The van der Waals surface area contributed by atoms with Gasteiger partial charge in [0.15, 0.2) is 0 Å². The Bertz CT molecular complexity index is 301. The zero-order valence-electron chi connectivity index (χ0n) is 5.72. The predicted octanol–water partition coefficient (Wildman–Crippen LogP) is 2.51. The highest BCUT2D eigenvalue weighted by Gasteiger charge is 2.02. The number of hydrogen-bond acceptors (Lipinski definition) is 0. The van der Waals surface area contributed by atoms with E-state index in [0.29, 0.717) is 0 Å². The lowest BCUT2D eigenvalue weighted by Crippen LogP contribution is -1.77. The molecule has 2 aliphatic rings. The molecule has 2 aliphatic carbocycles. The van der Waals surface area contributed by atoms with Crippen molar-refractivity contribution >= 4 is 0 Å². The van der Waals surface area contributed by atoms with Crippen molar-refractivity contribution in [2.45, 2.75) is 12.8 Å². The molecule has 0 unspecified atom stereocenters. The summed E-state index contributed by atoms with van der Waals surface area (Å²) >= 11 is 0. The Balaban J connectivity index is 2.47. The average molecular weight is 128 g/mol. The van der Waals surface area contributed by atoms with Crippen LogP contribution < -0.4 is 0 Å². The summed E-state index contributed by atoms with van der Waals surface area (Å²) in [5.74, 6) is 0. The maximum atomic E-state index is 3.12. The van der Waals surface area contributed by atoms with E-state index in [0.717, 1.165) is 12.8 Å². The summed E-state index contributed by atoms with van der Waals surface area (Å²) in [6, 6.07) is 0. The standard InChI is InChI=1S/C10H8/c1-2-5-9-7-4-8-10(9)6-3-1/h1,6-8H,2,5H2. The van der Waals surface area contributed by atoms with Gasteiger partial charge in [-0.25, -0.2) is 0 Å². The molecule has 0 fully saturated rings. The first-order valence-electron chi connectivity index (χ1n) is 3.53. The van der Waals surface area contributed by atoms with E-state index in [1.54, 1.807) is 0 Å². The SMILES string of the molecule is C1=CCCC2=C(C=1)C=C=C2. The van der Waals surface area contributed by atoms with Gasteiger partial charge in [-0.15, -0.1) is 11.5 Å². The van der Waals surface area contributed by atoms with E-state index in [1.165, 1.54) is 11.1 Å². The van der Waals surface area contributed by atoms with Crippen LogP contribution in [-0.2, 0) is 0 Å². The van der Waals surface area contributed by atoms with E-state index in [2.05, 4.69) is 23.6 Å². The third kappa shape index (κ3) is 0.804. The van der Waals surface area contributed by atoms with E-state index < -0.39 is 0 Å². The van der Waals surface area contributed by atoms with Gasteiger partial charge in [-0.3, -0.25) is 0 Å². The summed E-state index contributed by atoms with van der Waals surface area (Å²) in [4.78, 5) is 0. The van der Waals surface area contributed by atoms with Gasteiger partial charge in [-0.2, -0.15) is 0 Å². The zero-order chi connectivity index (χ0) is 6.81.